The van der Waals surface area contributed by atoms with Crippen molar-refractivity contribution in [2.24, 2.45) is 0 Å². The first-order valence-corrected chi connectivity index (χ1v) is 11.9. The van der Waals surface area contributed by atoms with Crippen LogP contribution < -0.4 is 20.3 Å². The molecule has 1 aromatic heterocycles. The Morgan fingerprint density at radius 1 is 1.10 bits per heavy atom. The number of thiocarbonyl (C=S) groups is 1. The van der Waals surface area contributed by atoms with Gasteiger partial charge in [-0.05, 0) is 55.6 Å². The van der Waals surface area contributed by atoms with Crippen LogP contribution in [0.2, 0.25) is 5.02 Å². The predicted octanol–water partition coefficient (Wildman–Crippen LogP) is 4.93. The third-order valence-electron chi connectivity index (χ3n) is 6.41. The van der Waals surface area contributed by atoms with E-state index in [1.54, 1.807) is 7.11 Å². The third-order valence-corrected chi connectivity index (χ3v) is 6.91. The van der Waals surface area contributed by atoms with Crippen LogP contribution in [0.15, 0.2) is 30.3 Å². The van der Waals surface area contributed by atoms with Crippen molar-refractivity contribution in [1.29, 1.82) is 0 Å². The van der Waals surface area contributed by atoms with Gasteiger partial charge in [-0.3, -0.25) is 0 Å². The highest BCUT2D eigenvalue weighted by molar-refractivity contribution is 7.80. The number of anilines is 2. The van der Waals surface area contributed by atoms with Gasteiger partial charge in [0.05, 0.1) is 7.11 Å². The van der Waals surface area contributed by atoms with Gasteiger partial charge in [-0.25, -0.2) is 0 Å². The topological polar surface area (TPSA) is 62.3 Å². The molecule has 0 radical (unpaired) electrons. The molecule has 1 saturated heterocycles. The maximum atomic E-state index is 6.12. The molecule has 1 saturated carbocycles. The van der Waals surface area contributed by atoms with Crippen molar-refractivity contribution in [2.75, 3.05) is 37.0 Å². The summed E-state index contributed by atoms with van der Waals surface area (Å²) in [6.07, 6.45) is 8.38. The Hall–Kier alpha value is -2.12. The van der Waals surface area contributed by atoms with Gasteiger partial charge in [0.2, 0.25) is 11.8 Å². The lowest BCUT2D eigenvalue weighted by Crippen LogP contribution is -2.43. The van der Waals surface area contributed by atoms with Gasteiger partial charge in [0, 0.05) is 36.1 Å². The first-order valence-electron chi connectivity index (χ1n) is 11.1. The maximum Gasteiger partial charge on any atom is 0.234 e. The van der Waals surface area contributed by atoms with Crippen LogP contribution in [0.5, 0.6) is 5.88 Å². The fourth-order valence-electron chi connectivity index (χ4n) is 4.68. The fraction of sp³-hybridized carbons (Fsp3) is 0.522. The summed E-state index contributed by atoms with van der Waals surface area (Å²) in [5.41, 5.74) is 1.38. The van der Waals surface area contributed by atoms with E-state index in [4.69, 9.17) is 28.6 Å². The van der Waals surface area contributed by atoms with Crippen LogP contribution in [0.25, 0.3) is 0 Å². The Labute approximate surface area is 194 Å². The van der Waals surface area contributed by atoms with Crippen molar-refractivity contribution in [3.05, 3.63) is 40.9 Å². The number of hydrogen-bond donors (Lipinski definition) is 2. The molecule has 1 aliphatic heterocycles. The van der Waals surface area contributed by atoms with Crippen LogP contribution >= 0.6 is 23.8 Å². The van der Waals surface area contributed by atoms with Crippen LogP contribution in [-0.4, -0.2) is 41.8 Å². The normalized spacial score (nSPS) is 17.9. The second kappa shape index (κ2) is 10.0. The number of halogens is 1. The number of methoxy groups -OCH3 is 1. The number of aromatic nitrogens is 2. The van der Waals surface area contributed by atoms with E-state index in [1.165, 1.54) is 37.7 Å². The Morgan fingerprint density at radius 2 is 1.81 bits per heavy atom. The molecule has 166 valence electrons. The van der Waals surface area contributed by atoms with Gasteiger partial charge in [0.1, 0.15) is 5.82 Å². The minimum Gasteiger partial charge on any atom is -0.481 e. The minimum atomic E-state index is 0.0600. The molecular weight excluding hydrogens is 430 g/mol. The largest absolute Gasteiger partial charge is 0.481 e. The van der Waals surface area contributed by atoms with Gasteiger partial charge in [-0.2, -0.15) is 9.97 Å². The van der Waals surface area contributed by atoms with Gasteiger partial charge in [0.25, 0.3) is 0 Å². The van der Waals surface area contributed by atoms with Crippen LogP contribution in [0.4, 0.5) is 11.8 Å². The third kappa shape index (κ3) is 5.39. The molecule has 31 heavy (non-hydrogen) atoms. The highest BCUT2D eigenvalue weighted by atomic mass is 35.5. The molecule has 0 spiro atoms. The average Bonchev–Trinajstić information content (AvgIpc) is 3.34. The van der Waals surface area contributed by atoms with Crippen LogP contribution in [0.1, 0.15) is 50.5 Å². The van der Waals surface area contributed by atoms with E-state index in [1.807, 2.05) is 18.2 Å². The molecule has 6 nitrogen and oxygen atoms in total. The predicted molar refractivity (Wildman–Crippen MR) is 130 cm³/mol. The zero-order chi connectivity index (χ0) is 21.7. The van der Waals surface area contributed by atoms with Crippen molar-refractivity contribution >= 4 is 40.7 Å². The van der Waals surface area contributed by atoms with Crippen LogP contribution in [0, 0.1) is 0 Å². The number of ether oxygens (including phenoxy) is 1. The summed E-state index contributed by atoms with van der Waals surface area (Å²) in [6.45, 7) is 2.78. The fourth-order valence-corrected chi connectivity index (χ4v) is 4.97. The summed E-state index contributed by atoms with van der Waals surface area (Å²) in [5, 5.41) is 7.90. The molecule has 2 aromatic rings. The summed E-state index contributed by atoms with van der Waals surface area (Å²) >= 11 is 11.7. The molecular formula is C23H30ClN5OS. The van der Waals surface area contributed by atoms with E-state index in [0.717, 1.165) is 43.3 Å². The first-order chi connectivity index (χ1) is 15.1. The number of nitrogens with one attached hydrogen (secondary N) is 2. The van der Waals surface area contributed by atoms with Crippen molar-refractivity contribution in [2.45, 2.75) is 50.4 Å². The zero-order valence-corrected chi connectivity index (χ0v) is 19.6. The maximum absolute atomic E-state index is 6.12. The van der Waals surface area contributed by atoms with Crippen molar-refractivity contribution < 1.29 is 4.74 Å². The van der Waals surface area contributed by atoms with Crippen molar-refractivity contribution in [3.8, 4) is 5.88 Å². The second-order valence-corrected chi connectivity index (χ2v) is 9.29. The summed E-state index contributed by atoms with van der Waals surface area (Å²) < 4.78 is 5.38. The molecule has 0 bridgehead atoms. The van der Waals surface area contributed by atoms with Gasteiger partial charge in [-0.15, -0.1) is 0 Å². The van der Waals surface area contributed by atoms with Gasteiger partial charge < -0.3 is 20.3 Å². The van der Waals surface area contributed by atoms with E-state index in [0.29, 0.717) is 16.9 Å². The summed E-state index contributed by atoms with van der Waals surface area (Å²) in [5.74, 6) is 1.87. The number of benzene rings is 1. The lowest BCUT2D eigenvalue weighted by Gasteiger charge is -2.38. The molecule has 2 N–H and O–H groups in total. The summed E-state index contributed by atoms with van der Waals surface area (Å²) in [4.78, 5) is 11.3. The Balaban J connectivity index is 1.45. The molecule has 2 aliphatic rings. The average molecular weight is 460 g/mol. The van der Waals surface area contributed by atoms with Crippen molar-refractivity contribution in [3.63, 3.8) is 0 Å². The molecule has 1 aliphatic carbocycles. The zero-order valence-electron chi connectivity index (χ0n) is 18.0. The van der Waals surface area contributed by atoms with E-state index >= 15 is 0 Å². The molecule has 2 heterocycles. The van der Waals surface area contributed by atoms with E-state index < -0.39 is 0 Å². The smallest absolute Gasteiger partial charge is 0.234 e. The molecule has 1 aromatic carbocycles. The van der Waals surface area contributed by atoms with Gasteiger partial charge >= 0.3 is 0 Å². The van der Waals surface area contributed by atoms with Crippen LogP contribution in [-0.2, 0) is 5.41 Å². The molecule has 0 amide bonds. The molecule has 2 fully saturated rings. The van der Waals surface area contributed by atoms with E-state index in [9.17, 15) is 0 Å². The lowest BCUT2D eigenvalue weighted by atomic mass is 9.69. The number of rotatable bonds is 6. The Kier molecular flexibility index (Phi) is 7.13. The second-order valence-electron chi connectivity index (χ2n) is 8.44. The molecule has 0 unspecified atom stereocenters. The molecule has 4 rings (SSSR count). The Bertz CT molecular complexity index is 895. The summed E-state index contributed by atoms with van der Waals surface area (Å²) in [7, 11) is 1.62. The van der Waals surface area contributed by atoms with Gasteiger partial charge in [-0.1, -0.05) is 43.0 Å². The minimum absolute atomic E-state index is 0.0600. The molecule has 0 atom stereocenters. The standard InChI is InChI=1S/C23H30ClN5OS/c1-30-20-15-19(29-13-5-6-14-29)26-21(27-20)28-22(31)25-16-23(11-3-2-4-12-23)17-7-9-18(24)10-8-17/h7-10,15H,2-6,11-14,16H2,1H3,(H2,25,26,27,28,31). The van der Waals surface area contributed by atoms with Gasteiger partial charge in [0.15, 0.2) is 5.11 Å². The van der Waals surface area contributed by atoms with Crippen LogP contribution in [0.3, 0.4) is 0 Å². The molecule has 8 heteroatoms. The highest BCUT2D eigenvalue weighted by Gasteiger charge is 2.34. The van der Waals surface area contributed by atoms with E-state index in [2.05, 4.69) is 37.6 Å². The van der Waals surface area contributed by atoms with Crippen molar-refractivity contribution in [1.82, 2.24) is 15.3 Å². The quantitative estimate of drug-likeness (QED) is 0.594. The Morgan fingerprint density at radius 3 is 2.48 bits per heavy atom. The summed E-state index contributed by atoms with van der Waals surface area (Å²) in [6, 6.07) is 10.1. The number of nitrogens with zero attached hydrogens (tertiary/aromatic N) is 3. The highest BCUT2D eigenvalue weighted by Crippen LogP contribution is 2.39. The SMILES string of the molecule is COc1cc(N2CCCC2)nc(NC(=S)NCC2(c3ccc(Cl)cc3)CCCCC2)n1. The number of hydrogen-bond acceptors (Lipinski definition) is 5. The first kappa shape index (κ1) is 22.1. The lowest BCUT2D eigenvalue weighted by molar-refractivity contribution is 0.292. The van der Waals surface area contributed by atoms with E-state index in [-0.39, 0.29) is 5.41 Å². The monoisotopic (exact) mass is 459 g/mol.